The Labute approximate surface area is 165 Å². The minimum atomic E-state index is -4.55. The van der Waals surface area contributed by atoms with Crippen molar-refractivity contribution >= 4 is 32.7 Å². The lowest BCUT2D eigenvalue weighted by atomic mass is 10.2. The van der Waals surface area contributed by atoms with Gasteiger partial charge in [-0.05, 0) is 31.2 Å². The maximum absolute atomic E-state index is 13.1. The number of para-hydroxylation sites is 1. The molecule has 28 heavy (non-hydrogen) atoms. The number of hydrogen-bond acceptors (Lipinski definition) is 4. The van der Waals surface area contributed by atoms with Crippen molar-refractivity contribution in [3.63, 3.8) is 0 Å². The zero-order chi connectivity index (χ0) is 20.4. The van der Waals surface area contributed by atoms with Crippen molar-refractivity contribution in [1.29, 1.82) is 0 Å². The smallest absolute Gasteiger partial charge is 0.243 e. The van der Waals surface area contributed by atoms with Crippen molar-refractivity contribution < 1.29 is 21.6 Å². The van der Waals surface area contributed by atoms with Crippen LogP contribution in [-0.4, -0.2) is 25.7 Å². The molecular formula is C19H17F3N2O2S2. The van der Waals surface area contributed by atoms with Gasteiger partial charge in [0.05, 0.1) is 10.4 Å². The van der Waals surface area contributed by atoms with Crippen LogP contribution < -0.4 is 4.72 Å². The minimum absolute atomic E-state index is 0.0822. The molecular weight excluding hydrogens is 409 g/mol. The first-order valence-electron chi connectivity index (χ1n) is 8.33. The summed E-state index contributed by atoms with van der Waals surface area (Å²) in [5.74, 6) is 0.274. The topological polar surface area (TPSA) is 59.1 Å². The molecule has 0 aliphatic rings. The highest BCUT2D eigenvalue weighted by Gasteiger charge is 2.33. The van der Waals surface area contributed by atoms with Gasteiger partial charge in [0.2, 0.25) is 10.0 Å². The number of fused-ring (bicyclic) bond motifs is 1. The van der Waals surface area contributed by atoms with Gasteiger partial charge in [-0.1, -0.05) is 35.9 Å². The summed E-state index contributed by atoms with van der Waals surface area (Å²) in [5.41, 5.74) is 0.230. The zero-order valence-corrected chi connectivity index (χ0v) is 16.5. The summed E-state index contributed by atoms with van der Waals surface area (Å²) in [5, 5.41) is 0.599. The number of nitrogens with one attached hydrogen (secondary N) is 1. The Morgan fingerprint density at radius 3 is 2.43 bits per heavy atom. The summed E-state index contributed by atoms with van der Waals surface area (Å²) in [6, 6.07) is 14.0. The quantitative estimate of drug-likeness (QED) is 0.461. The number of nitrogens with zero attached hydrogens (tertiary/aromatic N) is 1. The molecule has 9 heteroatoms. The first kappa shape index (κ1) is 20.6. The number of aromatic nitrogens is 1. The molecule has 0 bridgehead atoms. The lowest BCUT2D eigenvalue weighted by Crippen LogP contribution is -2.26. The molecule has 0 fully saturated rings. The van der Waals surface area contributed by atoms with Crippen molar-refractivity contribution in [1.82, 2.24) is 9.71 Å². The molecule has 1 heterocycles. The average Bonchev–Trinajstić information content (AvgIpc) is 2.64. The Bertz CT molecular complexity index is 1080. The summed E-state index contributed by atoms with van der Waals surface area (Å²) >= 11 is 1.15. The van der Waals surface area contributed by atoms with E-state index in [4.69, 9.17) is 0 Å². The second kappa shape index (κ2) is 8.10. The first-order valence-corrected chi connectivity index (χ1v) is 10.8. The summed E-state index contributed by atoms with van der Waals surface area (Å²) in [6.45, 7) is 1.94. The van der Waals surface area contributed by atoms with Gasteiger partial charge in [-0.25, -0.2) is 18.1 Å². The van der Waals surface area contributed by atoms with E-state index in [9.17, 15) is 21.6 Å². The third-order valence-electron chi connectivity index (χ3n) is 3.95. The van der Waals surface area contributed by atoms with Crippen molar-refractivity contribution in [2.75, 3.05) is 12.3 Å². The second-order valence-electron chi connectivity index (χ2n) is 6.08. The summed E-state index contributed by atoms with van der Waals surface area (Å²) in [6.07, 6.45) is -4.55. The molecule has 0 atom stereocenters. The van der Waals surface area contributed by atoms with Crippen LogP contribution in [0.15, 0.2) is 64.4 Å². The number of hydrogen-bond donors (Lipinski definition) is 1. The lowest BCUT2D eigenvalue weighted by molar-refractivity contribution is -0.141. The normalized spacial score (nSPS) is 12.4. The number of pyridine rings is 1. The van der Waals surface area contributed by atoms with E-state index in [0.717, 1.165) is 23.4 Å². The van der Waals surface area contributed by atoms with Crippen LogP contribution in [0.4, 0.5) is 13.2 Å². The van der Waals surface area contributed by atoms with Crippen molar-refractivity contribution in [3.05, 3.63) is 65.9 Å². The number of thioether (sulfide) groups is 1. The Morgan fingerprint density at radius 1 is 1.07 bits per heavy atom. The van der Waals surface area contributed by atoms with Crippen molar-refractivity contribution in [2.24, 2.45) is 0 Å². The third kappa shape index (κ3) is 4.84. The zero-order valence-electron chi connectivity index (χ0n) is 14.8. The molecule has 1 aromatic heterocycles. The second-order valence-corrected chi connectivity index (χ2v) is 8.98. The van der Waals surface area contributed by atoms with Crippen molar-refractivity contribution in [3.8, 4) is 0 Å². The van der Waals surface area contributed by atoms with Gasteiger partial charge < -0.3 is 0 Å². The molecule has 4 nitrogen and oxygen atoms in total. The Hall–Kier alpha value is -2.10. The standard InChI is InChI=1S/C19H17F3N2O2S2/c1-13-6-8-14(9-7-13)28(25,26)23-10-11-27-17-12-18(19(20,21)22)24-16-5-3-2-4-15(16)17/h2-9,12,23H,10-11H2,1H3. The highest BCUT2D eigenvalue weighted by atomic mass is 32.2. The molecule has 0 radical (unpaired) electrons. The van der Waals surface area contributed by atoms with E-state index in [2.05, 4.69) is 9.71 Å². The SMILES string of the molecule is Cc1ccc(S(=O)(=O)NCCSc2cc(C(F)(F)F)nc3ccccc23)cc1. The summed E-state index contributed by atoms with van der Waals surface area (Å²) in [4.78, 5) is 4.23. The van der Waals surface area contributed by atoms with Gasteiger partial charge in [0, 0.05) is 22.6 Å². The molecule has 3 aromatic rings. The van der Waals surface area contributed by atoms with Crippen LogP contribution in [0.25, 0.3) is 10.9 Å². The predicted molar refractivity (Wildman–Crippen MR) is 104 cm³/mol. The maximum Gasteiger partial charge on any atom is 0.433 e. The van der Waals surface area contributed by atoms with E-state index < -0.39 is 21.9 Å². The Balaban J connectivity index is 1.72. The van der Waals surface area contributed by atoms with E-state index in [1.54, 1.807) is 30.3 Å². The van der Waals surface area contributed by atoms with Gasteiger partial charge in [0.15, 0.2) is 0 Å². The summed E-state index contributed by atoms with van der Waals surface area (Å²) in [7, 11) is -3.66. The number of sulfonamides is 1. The molecule has 3 rings (SSSR count). The van der Waals surface area contributed by atoms with Crippen molar-refractivity contribution in [2.45, 2.75) is 22.9 Å². The molecule has 0 unspecified atom stereocenters. The van der Waals surface area contributed by atoms with Crippen LogP contribution in [0.1, 0.15) is 11.3 Å². The number of aryl methyl sites for hydroxylation is 1. The fraction of sp³-hybridized carbons (Fsp3) is 0.211. The van der Waals surface area contributed by atoms with Crippen LogP contribution in [0.5, 0.6) is 0 Å². The number of alkyl halides is 3. The molecule has 0 aliphatic heterocycles. The van der Waals surface area contributed by atoms with E-state index in [0.29, 0.717) is 10.3 Å². The van der Waals surface area contributed by atoms with E-state index in [1.807, 2.05) is 6.92 Å². The first-order chi connectivity index (χ1) is 13.2. The van der Waals surface area contributed by atoms with Gasteiger partial charge in [-0.2, -0.15) is 13.2 Å². The van der Waals surface area contributed by atoms with Gasteiger partial charge >= 0.3 is 6.18 Å². The lowest BCUT2D eigenvalue weighted by Gasteiger charge is -2.12. The molecule has 0 saturated carbocycles. The van der Waals surface area contributed by atoms with Crippen LogP contribution in [-0.2, 0) is 16.2 Å². The molecule has 0 spiro atoms. The number of rotatable bonds is 6. The van der Waals surface area contributed by atoms with E-state index >= 15 is 0 Å². The Kier molecular flexibility index (Phi) is 5.97. The Morgan fingerprint density at radius 2 is 1.75 bits per heavy atom. The van der Waals surface area contributed by atoms with Gasteiger partial charge in [0.1, 0.15) is 5.69 Å². The predicted octanol–water partition coefficient (Wildman–Crippen LogP) is 4.63. The molecule has 148 valence electrons. The maximum atomic E-state index is 13.1. The van der Waals surface area contributed by atoms with E-state index in [1.165, 1.54) is 18.2 Å². The molecule has 2 aromatic carbocycles. The van der Waals surface area contributed by atoms with Crippen LogP contribution in [0.3, 0.4) is 0 Å². The molecule has 0 aliphatic carbocycles. The highest BCUT2D eigenvalue weighted by Crippen LogP contribution is 2.34. The number of halogens is 3. The monoisotopic (exact) mass is 426 g/mol. The molecule has 1 N–H and O–H groups in total. The highest BCUT2D eigenvalue weighted by molar-refractivity contribution is 7.99. The largest absolute Gasteiger partial charge is 0.433 e. The minimum Gasteiger partial charge on any atom is -0.243 e. The van der Waals surface area contributed by atoms with Gasteiger partial charge in [-0.15, -0.1) is 11.8 Å². The number of benzene rings is 2. The van der Waals surface area contributed by atoms with Gasteiger partial charge in [0.25, 0.3) is 0 Å². The van der Waals surface area contributed by atoms with Crippen LogP contribution in [0, 0.1) is 6.92 Å². The third-order valence-corrected chi connectivity index (χ3v) is 6.49. The fourth-order valence-corrected chi connectivity index (χ4v) is 4.65. The van der Waals surface area contributed by atoms with Crippen LogP contribution >= 0.6 is 11.8 Å². The van der Waals surface area contributed by atoms with Gasteiger partial charge in [-0.3, -0.25) is 0 Å². The average molecular weight is 426 g/mol. The summed E-state index contributed by atoms with van der Waals surface area (Å²) < 4.78 is 66.3. The van der Waals surface area contributed by atoms with Crippen LogP contribution in [0.2, 0.25) is 0 Å². The molecule has 0 amide bonds. The van der Waals surface area contributed by atoms with E-state index in [-0.39, 0.29) is 22.7 Å². The molecule has 0 saturated heterocycles. The fourth-order valence-electron chi connectivity index (χ4n) is 2.55.